The first-order valence-corrected chi connectivity index (χ1v) is 3.63. The van der Waals surface area contributed by atoms with Crippen LogP contribution in [0.2, 0.25) is 0 Å². The Morgan fingerprint density at radius 2 is 2.36 bits per heavy atom. The Hall–Kier alpha value is -0.580. The molecule has 0 bridgehead atoms. The molecular weight excluding hydrogens is 186 g/mol. The van der Waals surface area contributed by atoms with E-state index in [1.54, 1.807) is 11.4 Å². The maximum Gasteiger partial charge on any atom is 0.336 e. The maximum atomic E-state index is 10.3. The molecule has 3 nitrogen and oxygen atoms in total. The lowest BCUT2D eigenvalue weighted by molar-refractivity contribution is 0.0697. The number of hydrogen-bond donors (Lipinski definition) is 2. The minimum absolute atomic E-state index is 0. The van der Waals surface area contributed by atoms with Crippen LogP contribution in [0.15, 0.2) is 11.4 Å². The molecule has 0 amide bonds. The second-order valence-corrected chi connectivity index (χ2v) is 2.81. The number of carboxylic acids is 1. The summed E-state index contributed by atoms with van der Waals surface area (Å²) in [5, 5.41) is 10.0. The van der Waals surface area contributed by atoms with Crippen molar-refractivity contribution in [3.63, 3.8) is 0 Å². The highest BCUT2D eigenvalue weighted by Gasteiger charge is 2.03. The number of halogens is 1. The van der Waals surface area contributed by atoms with Gasteiger partial charge in [0.25, 0.3) is 0 Å². The molecule has 11 heavy (non-hydrogen) atoms. The quantitative estimate of drug-likeness (QED) is 0.745. The minimum Gasteiger partial charge on any atom is -0.478 e. The lowest BCUT2D eigenvalue weighted by Gasteiger charge is -1.83. The Morgan fingerprint density at radius 3 is 2.64 bits per heavy atom. The molecule has 3 N–H and O–H groups in total. The van der Waals surface area contributed by atoms with E-state index in [0.717, 1.165) is 4.88 Å². The van der Waals surface area contributed by atoms with E-state index in [9.17, 15) is 4.79 Å². The molecule has 0 aromatic carbocycles. The van der Waals surface area contributed by atoms with Crippen LogP contribution in [-0.2, 0) is 6.54 Å². The molecule has 0 saturated carbocycles. The van der Waals surface area contributed by atoms with Crippen LogP contribution in [0.1, 0.15) is 15.2 Å². The fourth-order valence-corrected chi connectivity index (χ4v) is 1.34. The molecule has 0 unspecified atom stereocenters. The summed E-state index contributed by atoms with van der Waals surface area (Å²) in [6.07, 6.45) is 0. The Morgan fingerprint density at radius 1 is 1.73 bits per heavy atom. The fourth-order valence-electron chi connectivity index (χ4n) is 0.600. The van der Waals surface area contributed by atoms with E-state index in [1.807, 2.05) is 0 Å². The number of carbonyl (C=O) groups is 1. The van der Waals surface area contributed by atoms with Crippen molar-refractivity contribution < 1.29 is 9.90 Å². The van der Waals surface area contributed by atoms with E-state index in [0.29, 0.717) is 12.1 Å². The number of rotatable bonds is 2. The maximum absolute atomic E-state index is 10.3. The third-order valence-electron chi connectivity index (χ3n) is 1.10. The Kier molecular flexibility index (Phi) is 4.10. The Balaban J connectivity index is 0.000001000. The lowest BCUT2D eigenvalue weighted by atomic mass is 10.3. The van der Waals surface area contributed by atoms with Crippen LogP contribution in [0.3, 0.4) is 0 Å². The zero-order chi connectivity index (χ0) is 7.56. The van der Waals surface area contributed by atoms with Gasteiger partial charge in [0.2, 0.25) is 0 Å². The van der Waals surface area contributed by atoms with E-state index in [2.05, 4.69) is 0 Å². The predicted octanol–water partition coefficient (Wildman–Crippen LogP) is 1.33. The van der Waals surface area contributed by atoms with E-state index in [4.69, 9.17) is 10.8 Å². The first kappa shape index (κ1) is 10.4. The van der Waals surface area contributed by atoms with Crippen molar-refractivity contribution in [1.29, 1.82) is 0 Å². The van der Waals surface area contributed by atoms with Gasteiger partial charge >= 0.3 is 5.97 Å². The Bertz CT molecular complexity index is 248. The third kappa shape index (κ3) is 2.49. The number of hydrogen-bond acceptors (Lipinski definition) is 3. The van der Waals surface area contributed by atoms with Crippen LogP contribution >= 0.6 is 23.7 Å². The molecule has 0 spiro atoms. The van der Waals surface area contributed by atoms with E-state index < -0.39 is 5.97 Å². The molecule has 0 saturated heterocycles. The van der Waals surface area contributed by atoms with Crippen LogP contribution in [0.5, 0.6) is 0 Å². The molecule has 5 heteroatoms. The van der Waals surface area contributed by atoms with Crippen LogP contribution < -0.4 is 5.73 Å². The van der Waals surface area contributed by atoms with Gasteiger partial charge < -0.3 is 10.8 Å². The molecule has 0 aliphatic rings. The normalized spacial score (nSPS) is 8.82. The van der Waals surface area contributed by atoms with Crippen molar-refractivity contribution in [2.24, 2.45) is 5.73 Å². The van der Waals surface area contributed by atoms with Gasteiger partial charge in [-0.2, -0.15) is 0 Å². The zero-order valence-corrected chi connectivity index (χ0v) is 7.24. The molecule has 0 aliphatic carbocycles. The average molecular weight is 194 g/mol. The van der Waals surface area contributed by atoms with Gasteiger partial charge in [-0.1, -0.05) is 0 Å². The number of aromatic carboxylic acids is 1. The first-order chi connectivity index (χ1) is 4.74. The molecule has 62 valence electrons. The monoisotopic (exact) mass is 193 g/mol. The van der Waals surface area contributed by atoms with Gasteiger partial charge in [-0.25, -0.2) is 4.79 Å². The summed E-state index contributed by atoms with van der Waals surface area (Å²) in [6, 6.07) is 1.59. The van der Waals surface area contributed by atoms with Crippen molar-refractivity contribution in [3.05, 3.63) is 21.9 Å². The largest absolute Gasteiger partial charge is 0.478 e. The summed E-state index contributed by atoms with van der Waals surface area (Å²) >= 11 is 1.37. The van der Waals surface area contributed by atoms with Gasteiger partial charge in [0.15, 0.2) is 0 Å². The first-order valence-electron chi connectivity index (χ1n) is 2.75. The summed E-state index contributed by atoms with van der Waals surface area (Å²) in [6.45, 7) is 0.415. The topological polar surface area (TPSA) is 63.3 Å². The lowest BCUT2D eigenvalue weighted by Crippen LogP contribution is -1.94. The minimum atomic E-state index is -0.893. The summed E-state index contributed by atoms with van der Waals surface area (Å²) in [5.74, 6) is -0.893. The summed E-state index contributed by atoms with van der Waals surface area (Å²) in [4.78, 5) is 11.2. The highest BCUT2D eigenvalue weighted by Crippen LogP contribution is 2.13. The van der Waals surface area contributed by atoms with E-state index >= 15 is 0 Å². The van der Waals surface area contributed by atoms with Crippen molar-refractivity contribution in [2.45, 2.75) is 6.54 Å². The second kappa shape index (κ2) is 4.33. The van der Waals surface area contributed by atoms with Gasteiger partial charge in [0.05, 0.1) is 5.56 Å². The van der Waals surface area contributed by atoms with Crippen molar-refractivity contribution >= 4 is 29.7 Å². The molecule has 0 radical (unpaired) electrons. The SMILES string of the molecule is Cl.NCc1cc(C(=O)O)cs1. The van der Waals surface area contributed by atoms with Gasteiger partial charge in [-0.05, 0) is 6.07 Å². The zero-order valence-electron chi connectivity index (χ0n) is 5.61. The molecule has 0 fully saturated rings. The van der Waals surface area contributed by atoms with E-state index in [-0.39, 0.29) is 12.4 Å². The number of thiophene rings is 1. The molecule has 1 aromatic heterocycles. The van der Waals surface area contributed by atoms with E-state index in [1.165, 1.54) is 11.3 Å². The molecular formula is C6H8ClNO2S. The van der Waals surface area contributed by atoms with Gasteiger partial charge in [-0.3, -0.25) is 0 Å². The summed E-state index contributed by atoms with van der Waals surface area (Å²) < 4.78 is 0. The molecule has 1 heterocycles. The smallest absolute Gasteiger partial charge is 0.336 e. The summed E-state index contributed by atoms with van der Waals surface area (Å²) in [5.41, 5.74) is 5.61. The molecule has 1 aromatic rings. The molecule has 0 aliphatic heterocycles. The predicted molar refractivity (Wildman–Crippen MR) is 46.4 cm³/mol. The van der Waals surface area contributed by atoms with Crippen LogP contribution in [0.4, 0.5) is 0 Å². The van der Waals surface area contributed by atoms with Gasteiger partial charge in [0.1, 0.15) is 0 Å². The van der Waals surface area contributed by atoms with Crippen LogP contribution in [0.25, 0.3) is 0 Å². The van der Waals surface area contributed by atoms with Gasteiger partial charge in [0, 0.05) is 16.8 Å². The fraction of sp³-hybridized carbons (Fsp3) is 0.167. The molecule has 0 atom stereocenters. The summed E-state index contributed by atoms with van der Waals surface area (Å²) in [7, 11) is 0. The number of carboxylic acid groups (broad SMARTS) is 1. The second-order valence-electron chi connectivity index (χ2n) is 1.81. The highest BCUT2D eigenvalue weighted by molar-refractivity contribution is 7.10. The van der Waals surface area contributed by atoms with Crippen LogP contribution in [0, 0.1) is 0 Å². The van der Waals surface area contributed by atoms with Crippen molar-refractivity contribution in [1.82, 2.24) is 0 Å². The van der Waals surface area contributed by atoms with Crippen molar-refractivity contribution in [2.75, 3.05) is 0 Å². The van der Waals surface area contributed by atoms with Crippen molar-refractivity contribution in [3.8, 4) is 0 Å². The molecule has 1 rings (SSSR count). The number of nitrogens with two attached hydrogens (primary N) is 1. The standard InChI is InChI=1S/C6H7NO2S.ClH/c7-2-5-1-4(3-10-5)6(8)9;/h1,3H,2,7H2,(H,8,9);1H. The Labute approximate surface area is 74.3 Å². The van der Waals surface area contributed by atoms with Crippen LogP contribution in [-0.4, -0.2) is 11.1 Å². The van der Waals surface area contributed by atoms with Gasteiger partial charge in [-0.15, -0.1) is 23.7 Å². The third-order valence-corrected chi connectivity index (χ3v) is 2.06. The average Bonchev–Trinajstić information content (AvgIpc) is 2.34. The highest BCUT2D eigenvalue weighted by atomic mass is 35.5.